The second kappa shape index (κ2) is 5.51. The van der Waals surface area contributed by atoms with Crippen LogP contribution < -0.4 is 0 Å². The van der Waals surface area contributed by atoms with E-state index in [-0.39, 0.29) is 5.56 Å². The van der Waals surface area contributed by atoms with Crippen LogP contribution in [0.25, 0.3) is 5.69 Å². The van der Waals surface area contributed by atoms with Crippen molar-refractivity contribution in [2.75, 3.05) is 0 Å². The Balaban J connectivity index is 2.58. The number of hydrogen-bond donors (Lipinski definition) is 1. The summed E-state index contributed by atoms with van der Waals surface area (Å²) in [6.45, 7) is 2.03. The molecule has 0 aliphatic heterocycles. The lowest BCUT2D eigenvalue weighted by molar-refractivity contribution is 0.0695. The summed E-state index contributed by atoms with van der Waals surface area (Å²) in [5, 5.41) is 13.4. The Morgan fingerprint density at radius 1 is 1.44 bits per heavy atom. The van der Waals surface area contributed by atoms with E-state index in [1.54, 1.807) is 4.68 Å². The van der Waals surface area contributed by atoms with Gasteiger partial charge in [0.15, 0.2) is 0 Å². The van der Waals surface area contributed by atoms with Crippen LogP contribution in [0.2, 0.25) is 0 Å². The molecule has 0 fully saturated rings. The van der Waals surface area contributed by atoms with Crippen molar-refractivity contribution in [2.45, 2.75) is 19.8 Å². The van der Waals surface area contributed by atoms with Crippen LogP contribution in [-0.2, 0) is 6.42 Å². The predicted molar refractivity (Wildman–Crippen MR) is 77.2 cm³/mol. The first kappa shape index (κ1) is 13.1. The van der Waals surface area contributed by atoms with Crippen LogP contribution in [0.4, 0.5) is 0 Å². The smallest absolute Gasteiger partial charge is 0.339 e. The molecule has 5 heteroatoms. The van der Waals surface area contributed by atoms with E-state index in [9.17, 15) is 4.79 Å². The molecule has 1 heterocycles. The Morgan fingerprint density at radius 2 is 2.17 bits per heavy atom. The number of rotatable bonds is 4. The quantitative estimate of drug-likeness (QED) is 0.857. The highest BCUT2D eigenvalue weighted by atomic mass is 127. The second-order valence-corrected chi connectivity index (χ2v) is 5.09. The molecule has 0 aliphatic rings. The first-order valence-corrected chi connectivity index (χ1v) is 6.78. The third-order valence-electron chi connectivity index (χ3n) is 2.67. The maximum absolute atomic E-state index is 11.2. The molecule has 1 aromatic heterocycles. The van der Waals surface area contributed by atoms with Gasteiger partial charge in [0.2, 0.25) is 0 Å². The molecule has 0 aliphatic carbocycles. The summed E-state index contributed by atoms with van der Waals surface area (Å²) >= 11 is 2.23. The zero-order valence-corrected chi connectivity index (χ0v) is 12.1. The van der Waals surface area contributed by atoms with E-state index < -0.39 is 5.97 Å². The van der Waals surface area contributed by atoms with Crippen molar-refractivity contribution in [1.82, 2.24) is 9.78 Å². The number of nitrogens with zero attached hydrogens (tertiary/aromatic N) is 2. The monoisotopic (exact) mass is 356 g/mol. The Morgan fingerprint density at radius 3 is 2.78 bits per heavy atom. The fraction of sp³-hybridized carbons (Fsp3) is 0.231. The van der Waals surface area contributed by atoms with Crippen LogP contribution in [0.15, 0.2) is 30.5 Å². The third kappa shape index (κ3) is 2.40. The van der Waals surface area contributed by atoms with Gasteiger partial charge in [0, 0.05) is 3.57 Å². The minimum Gasteiger partial charge on any atom is -0.478 e. The summed E-state index contributed by atoms with van der Waals surface area (Å²) in [7, 11) is 0. The highest BCUT2D eigenvalue weighted by molar-refractivity contribution is 14.1. The van der Waals surface area contributed by atoms with Crippen LogP contribution in [0, 0.1) is 3.57 Å². The molecule has 2 rings (SSSR count). The summed E-state index contributed by atoms with van der Waals surface area (Å²) in [5.41, 5.74) is 1.97. The van der Waals surface area contributed by atoms with Crippen LogP contribution >= 0.6 is 22.6 Å². The standard InChI is InChI=1S/C13H13IN2O2/c1-2-5-11-9(13(17)18)8-15-16(11)12-7-4-3-6-10(12)14/h3-4,6-8H,2,5H2,1H3,(H,17,18). The molecule has 2 aromatic rings. The van der Waals surface area contributed by atoms with E-state index >= 15 is 0 Å². The number of aromatic nitrogens is 2. The summed E-state index contributed by atoms with van der Waals surface area (Å²) in [6, 6.07) is 7.80. The molecule has 4 nitrogen and oxygen atoms in total. The predicted octanol–water partition coefficient (Wildman–Crippen LogP) is 3.13. The molecule has 0 unspecified atom stereocenters. The van der Waals surface area contributed by atoms with E-state index in [2.05, 4.69) is 27.7 Å². The molecular formula is C13H13IN2O2. The normalized spacial score (nSPS) is 10.6. The Kier molecular flexibility index (Phi) is 4.00. The number of carbonyl (C=O) groups is 1. The average molecular weight is 356 g/mol. The highest BCUT2D eigenvalue weighted by Crippen LogP contribution is 2.21. The minimum absolute atomic E-state index is 0.288. The third-order valence-corrected chi connectivity index (χ3v) is 3.58. The van der Waals surface area contributed by atoms with Crippen LogP contribution in [0.1, 0.15) is 29.4 Å². The van der Waals surface area contributed by atoms with Gasteiger partial charge in [-0.1, -0.05) is 25.5 Å². The number of halogens is 1. The fourth-order valence-electron chi connectivity index (χ4n) is 1.86. The van der Waals surface area contributed by atoms with Gasteiger partial charge < -0.3 is 5.11 Å². The average Bonchev–Trinajstić information content (AvgIpc) is 2.74. The van der Waals surface area contributed by atoms with Gasteiger partial charge in [-0.2, -0.15) is 5.10 Å². The molecule has 0 atom stereocenters. The van der Waals surface area contributed by atoms with Crippen molar-refractivity contribution in [3.05, 3.63) is 45.3 Å². The Labute approximate surface area is 119 Å². The maximum atomic E-state index is 11.2. The summed E-state index contributed by atoms with van der Waals surface area (Å²) in [4.78, 5) is 11.2. The zero-order chi connectivity index (χ0) is 13.1. The zero-order valence-electron chi connectivity index (χ0n) is 9.93. The van der Waals surface area contributed by atoms with Gasteiger partial charge in [-0.3, -0.25) is 0 Å². The minimum atomic E-state index is -0.921. The van der Waals surface area contributed by atoms with Crippen molar-refractivity contribution < 1.29 is 9.90 Å². The first-order valence-electron chi connectivity index (χ1n) is 5.70. The molecule has 0 radical (unpaired) electrons. The molecule has 0 spiro atoms. The lowest BCUT2D eigenvalue weighted by Gasteiger charge is -2.09. The lowest BCUT2D eigenvalue weighted by atomic mass is 10.1. The summed E-state index contributed by atoms with van der Waals surface area (Å²) < 4.78 is 2.78. The van der Waals surface area contributed by atoms with Gasteiger partial charge in [0.25, 0.3) is 0 Å². The van der Waals surface area contributed by atoms with E-state index in [1.165, 1.54) is 6.20 Å². The molecule has 1 aromatic carbocycles. The van der Waals surface area contributed by atoms with Crippen molar-refractivity contribution in [2.24, 2.45) is 0 Å². The van der Waals surface area contributed by atoms with Crippen LogP contribution in [0.3, 0.4) is 0 Å². The van der Waals surface area contributed by atoms with E-state index in [0.29, 0.717) is 6.42 Å². The van der Waals surface area contributed by atoms with Gasteiger partial charge in [0.1, 0.15) is 5.56 Å². The van der Waals surface area contributed by atoms with E-state index in [4.69, 9.17) is 5.11 Å². The van der Waals surface area contributed by atoms with Crippen molar-refractivity contribution in [1.29, 1.82) is 0 Å². The van der Waals surface area contributed by atoms with Crippen molar-refractivity contribution in [3.8, 4) is 5.69 Å². The van der Waals surface area contributed by atoms with Gasteiger partial charge in [-0.15, -0.1) is 0 Å². The van der Waals surface area contributed by atoms with Gasteiger partial charge in [-0.25, -0.2) is 9.48 Å². The van der Waals surface area contributed by atoms with Crippen LogP contribution in [0.5, 0.6) is 0 Å². The molecule has 94 valence electrons. The highest BCUT2D eigenvalue weighted by Gasteiger charge is 2.17. The van der Waals surface area contributed by atoms with Gasteiger partial charge in [-0.05, 0) is 41.1 Å². The summed E-state index contributed by atoms with van der Waals surface area (Å²) in [6.07, 6.45) is 3.01. The molecule has 1 N–H and O–H groups in total. The first-order chi connectivity index (χ1) is 8.65. The number of carboxylic acids is 1. The van der Waals surface area contributed by atoms with Gasteiger partial charge >= 0.3 is 5.97 Å². The Bertz CT molecular complexity index is 578. The number of para-hydroxylation sites is 1. The SMILES string of the molecule is CCCc1c(C(=O)O)cnn1-c1ccccc1I. The van der Waals surface area contributed by atoms with E-state index in [0.717, 1.165) is 21.4 Å². The topological polar surface area (TPSA) is 55.1 Å². The van der Waals surface area contributed by atoms with Crippen molar-refractivity contribution in [3.63, 3.8) is 0 Å². The number of aromatic carboxylic acids is 1. The van der Waals surface area contributed by atoms with E-state index in [1.807, 2.05) is 31.2 Å². The molecule has 0 amide bonds. The maximum Gasteiger partial charge on any atom is 0.339 e. The lowest BCUT2D eigenvalue weighted by Crippen LogP contribution is -2.07. The van der Waals surface area contributed by atoms with Gasteiger partial charge in [0.05, 0.1) is 17.6 Å². The number of benzene rings is 1. The molecule has 0 bridgehead atoms. The number of hydrogen-bond acceptors (Lipinski definition) is 2. The van der Waals surface area contributed by atoms with Crippen LogP contribution in [-0.4, -0.2) is 20.9 Å². The Hall–Kier alpha value is -1.37. The largest absolute Gasteiger partial charge is 0.478 e. The fourth-order valence-corrected chi connectivity index (χ4v) is 2.48. The molecular weight excluding hydrogens is 343 g/mol. The molecule has 0 saturated carbocycles. The second-order valence-electron chi connectivity index (χ2n) is 3.92. The molecule has 18 heavy (non-hydrogen) atoms. The molecule has 0 saturated heterocycles. The number of carboxylic acid groups (broad SMARTS) is 1. The summed E-state index contributed by atoms with van der Waals surface area (Å²) in [5.74, 6) is -0.921. The van der Waals surface area contributed by atoms with Crippen molar-refractivity contribution >= 4 is 28.6 Å².